The summed E-state index contributed by atoms with van der Waals surface area (Å²) < 4.78 is 10.9. The maximum Gasteiger partial charge on any atom is 0.338 e. The average molecular weight is 399 g/mol. The Morgan fingerprint density at radius 3 is 2.40 bits per heavy atom. The van der Waals surface area contributed by atoms with E-state index in [0.717, 1.165) is 0 Å². The molecule has 0 aliphatic heterocycles. The van der Waals surface area contributed by atoms with Gasteiger partial charge in [0.2, 0.25) is 0 Å². The molecule has 0 N–H and O–H groups in total. The van der Waals surface area contributed by atoms with E-state index >= 15 is 0 Å². The summed E-state index contributed by atoms with van der Waals surface area (Å²) in [5.74, 6) is -0.0177. The molecule has 0 saturated heterocycles. The summed E-state index contributed by atoms with van der Waals surface area (Å²) >= 11 is 0. The quantitative estimate of drug-likeness (QED) is 0.339. The number of nitriles is 2. The fraction of sp³-hybridized carbons (Fsp3) is 0.0455. The lowest BCUT2D eigenvalue weighted by Crippen LogP contribution is -2.06. The molecule has 0 amide bonds. The minimum atomic E-state index is -0.670. The number of hydrogen-bond donors (Lipinski definition) is 0. The van der Waals surface area contributed by atoms with E-state index in [1.54, 1.807) is 24.3 Å². The molecular formula is C22H13N3O5. The normalized spacial score (nSPS) is 9.80. The predicted octanol–water partition coefficient (Wildman–Crippen LogP) is 4.49. The van der Waals surface area contributed by atoms with Gasteiger partial charge in [0.05, 0.1) is 27.2 Å². The van der Waals surface area contributed by atoms with E-state index in [-0.39, 0.29) is 34.5 Å². The molecule has 0 unspecified atom stereocenters. The van der Waals surface area contributed by atoms with Crippen molar-refractivity contribution in [1.29, 1.82) is 10.5 Å². The first-order chi connectivity index (χ1) is 14.5. The number of para-hydroxylation sites is 1. The highest BCUT2D eigenvalue weighted by Gasteiger charge is 2.15. The molecule has 3 rings (SSSR count). The van der Waals surface area contributed by atoms with Crippen molar-refractivity contribution in [1.82, 2.24) is 0 Å². The third kappa shape index (κ3) is 4.58. The highest BCUT2D eigenvalue weighted by Crippen LogP contribution is 2.25. The standard InChI is InChI=1S/C22H13N3O5/c23-12-16-8-9-20(11-18(16)13-24)30-19-6-3-5-15(10-19)22(26)29-14-17-4-1-2-7-21(17)25(27)28/h1-11H,14H2. The summed E-state index contributed by atoms with van der Waals surface area (Å²) in [4.78, 5) is 22.9. The monoisotopic (exact) mass is 399 g/mol. The summed E-state index contributed by atoms with van der Waals surface area (Å²) in [5, 5.41) is 29.1. The molecule has 0 heterocycles. The average Bonchev–Trinajstić information content (AvgIpc) is 2.77. The van der Waals surface area contributed by atoms with Gasteiger partial charge in [-0.05, 0) is 42.5 Å². The van der Waals surface area contributed by atoms with Crippen LogP contribution in [-0.2, 0) is 11.3 Å². The van der Waals surface area contributed by atoms with Crippen LogP contribution >= 0.6 is 0 Å². The highest BCUT2D eigenvalue weighted by atomic mass is 16.6. The number of nitro groups is 1. The lowest BCUT2D eigenvalue weighted by molar-refractivity contribution is -0.385. The topological polar surface area (TPSA) is 126 Å². The molecule has 0 aromatic heterocycles. The van der Waals surface area contributed by atoms with Gasteiger partial charge >= 0.3 is 5.97 Å². The van der Waals surface area contributed by atoms with Crippen LogP contribution in [0.25, 0.3) is 0 Å². The number of carbonyl (C=O) groups excluding carboxylic acids is 1. The molecule has 0 atom stereocenters. The van der Waals surface area contributed by atoms with Gasteiger partial charge < -0.3 is 9.47 Å². The zero-order chi connectivity index (χ0) is 21.5. The van der Waals surface area contributed by atoms with Crippen molar-refractivity contribution < 1.29 is 19.2 Å². The van der Waals surface area contributed by atoms with Crippen molar-refractivity contribution in [3.8, 4) is 23.6 Å². The molecule has 0 spiro atoms. The van der Waals surface area contributed by atoms with Crippen molar-refractivity contribution in [2.45, 2.75) is 6.61 Å². The highest BCUT2D eigenvalue weighted by molar-refractivity contribution is 5.89. The van der Waals surface area contributed by atoms with Gasteiger partial charge in [-0.1, -0.05) is 18.2 Å². The van der Waals surface area contributed by atoms with Crippen LogP contribution < -0.4 is 4.74 Å². The minimum absolute atomic E-state index is 0.128. The number of benzene rings is 3. The Balaban J connectivity index is 1.73. The lowest BCUT2D eigenvalue weighted by atomic mass is 10.1. The van der Waals surface area contributed by atoms with Crippen LogP contribution in [0, 0.1) is 32.8 Å². The Hall–Kier alpha value is -4.69. The van der Waals surface area contributed by atoms with E-state index in [2.05, 4.69) is 0 Å². The van der Waals surface area contributed by atoms with E-state index in [1.807, 2.05) is 12.1 Å². The lowest BCUT2D eigenvalue weighted by Gasteiger charge is -2.09. The SMILES string of the molecule is N#Cc1ccc(Oc2cccc(C(=O)OCc3ccccc3[N+](=O)[O-])c2)cc1C#N. The summed E-state index contributed by atoms with van der Waals surface area (Å²) in [7, 11) is 0. The number of hydrogen-bond acceptors (Lipinski definition) is 7. The van der Waals surface area contributed by atoms with Gasteiger partial charge in [0.25, 0.3) is 5.69 Å². The second kappa shape index (κ2) is 9.00. The molecule has 3 aromatic rings. The van der Waals surface area contributed by atoms with Gasteiger partial charge in [0.1, 0.15) is 30.2 Å². The van der Waals surface area contributed by atoms with Gasteiger partial charge in [0.15, 0.2) is 0 Å². The van der Waals surface area contributed by atoms with E-state index in [9.17, 15) is 14.9 Å². The van der Waals surface area contributed by atoms with E-state index in [0.29, 0.717) is 11.5 Å². The predicted molar refractivity (Wildman–Crippen MR) is 105 cm³/mol. The molecule has 3 aromatic carbocycles. The second-order valence-corrected chi connectivity index (χ2v) is 6.02. The van der Waals surface area contributed by atoms with Crippen LogP contribution in [0.2, 0.25) is 0 Å². The number of ether oxygens (including phenoxy) is 2. The summed E-state index contributed by atoms with van der Waals surface area (Å²) in [6.07, 6.45) is 0. The Bertz CT molecular complexity index is 1210. The molecule has 30 heavy (non-hydrogen) atoms. The van der Waals surface area contributed by atoms with Crippen LogP contribution in [-0.4, -0.2) is 10.9 Å². The summed E-state index contributed by atoms with van der Waals surface area (Å²) in [6, 6.07) is 20.5. The first kappa shape index (κ1) is 20.1. The third-order valence-electron chi connectivity index (χ3n) is 4.08. The summed E-state index contributed by atoms with van der Waals surface area (Å²) in [6.45, 7) is -0.248. The summed E-state index contributed by atoms with van der Waals surface area (Å²) in [5.41, 5.74) is 0.758. The zero-order valence-electron chi connectivity index (χ0n) is 15.4. The Morgan fingerprint density at radius 1 is 0.933 bits per heavy atom. The van der Waals surface area contributed by atoms with Gasteiger partial charge in [-0.3, -0.25) is 10.1 Å². The van der Waals surface area contributed by atoms with E-state index in [4.69, 9.17) is 20.0 Å². The molecule has 0 fully saturated rings. The molecule has 8 heteroatoms. The van der Waals surface area contributed by atoms with E-state index in [1.165, 1.54) is 42.5 Å². The number of rotatable bonds is 6. The van der Waals surface area contributed by atoms with Crippen molar-refractivity contribution in [2.24, 2.45) is 0 Å². The maximum absolute atomic E-state index is 12.4. The number of carbonyl (C=O) groups is 1. The fourth-order valence-corrected chi connectivity index (χ4v) is 2.64. The van der Waals surface area contributed by atoms with Crippen molar-refractivity contribution in [3.05, 3.63) is 99.1 Å². The number of nitro benzene ring substituents is 1. The van der Waals surface area contributed by atoms with Gasteiger partial charge in [-0.2, -0.15) is 10.5 Å². The molecule has 0 bridgehead atoms. The second-order valence-electron chi connectivity index (χ2n) is 6.02. The number of nitrogens with zero attached hydrogens (tertiary/aromatic N) is 3. The zero-order valence-corrected chi connectivity index (χ0v) is 15.4. The first-order valence-electron chi connectivity index (χ1n) is 8.63. The molecule has 0 saturated carbocycles. The molecule has 0 aliphatic rings. The fourth-order valence-electron chi connectivity index (χ4n) is 2.64. The maximum atomic E-state index is 12.4. The van der Waals surface area contributed by atoms with Crippen LogP contribution in [0.1, 0.15) is 27.0 Å². The Labute approximate surface area is 171 Å². The van der Waals surface area contributed by atoms with Gasteiger partial charge in [0, 0.05) is 6.07 Å². The largest absolute Gasteiger partial charge is 0.457 e. The Kier molecular flexibility index (Phi) is 6.02. The molecule has 146 valence electrons. The molecular weight excluding hydrogens is 386 g/mol. The number of esters is 1. The van der Waals surface area contributed by atoms with Crippen LogP contribution in [0.15, 0.2) is 66.7 Å². The molecule has 0 radical (unpaired) electrons. The van der Waals surface area contributed by atoms with Gasteiger partial charge in [-0.25, -0.2) is 4.79 Å². The van der Waals surface area contributed by atoms with Crippen LogP contribution in [0.4, 0.5) is 5.69 Å². The van der Waals surface area contributed by atoms with E-state index < -0.39 is 10.9 Å². The Morgan fingerprint density at radius 2 is 1.67 bits per heavy atom. The van der Waals surface area contributed by atoms with Crippen molar-refractivity contribution in [3.63, 3.8) is 0 Å². The third-order valence-corrected chi connectivity index (χ3v) is 4.08. The molecule has 0 aliphatic carbocycles. The minimum Gasteiger partial charge on any atom is -0.457 e. The van der Waals surface area contributed by atoms with Crippen LogP contribution in [0.5, 0.6) is 11.5 Å². The van der Waals surface area contributed by atoms with Crippen molar-refractivity contribution >= 4 is 11.7 Å². The van der Waals surface area contributed by atoms with Crippen molar-refractivity contribution in [2.75, 3.05) is 0 Å². The smallest absolute Gasteiger partial charge is 0.338 e. The van der Waals surface area contributed by atoms with Gasteiger partial charge in [-0.15, -0.1) is 0 Å². The van der Waals surface area contributed by atoms with Crippen LogP contribution in [0.3, 0.4) is 0 Å². The first-order valence-corrected chi connectivity index (χ1v) is 8.63. The molecule has 8 nitrogen and oxygen atoms in total.